The Balaban J connectivity index is 1.46. The van der Waals surface area contributed by atoms with Crippen LogP contribution in [-0.2, 0) is 0 Å². The minimum atomic E-state index is -0.305. The first kappa shape index (κ1) is 21.3. The summed E-state index contributed by atoms with van der Waals surface area (Å²) in [6.45, 7) is 1.87. The quantitative estimate of drug-likeness (QED) is 0.281. The lowest BCUT2D eigenvalue weighted by molar-refractivity contribution is 0.0956. The number of hydrogen-bond donors (Lipinski definition) is 1. The van der Waals surface area contributed by atoms with Crippen molar-refractivity contribution in [3.05, 3.63) is 102 Å². The first-order valence-electron chi connectivity index (χ1n) is 10.9. The second kappa shape index (κ2) is 9.11. The molecule has 0 saturated carbocycles. The van der Waals surface area contributed by atoms with E-state index >= 15 is 0 Å². The molecule has 0 saturated heterocycles. The smallest absolute Gasteiger partial charge is 0.272 e. The van der Waals surface area contributed by atoms with Crippen LogP contribution in [0.1, 0.15) is 22.8 Å². The highest BCUT2D eigenvalue weighted by atomic mass is 16.5. The number of ether oxygens (including phenoxy) is 1. The van der Waals surface area contributed by atoms with Gasteiger partial charge in [0.15, 0.2) is 0 Å². The highest BCUT2D eigenvalue weighted by molar-refractivity contribution is 6.08. The summed E-state index contributed by atoms with van der Waals surface area (Å²) in [4.78, 5) is 22.2. The molecule has 1 N–H and O–H groups in total. The van der Waals surface area contributed by atoms with Gasteiger partial charge in [-0.2, -0.15) is 5.10 Å². The second-order valence-electron chi connectivity index (χ2n) is 7.85. The van der Waals surface area contributed by atoms with Crippen molar-refractivity contribution >= 4 is 33.3 Å². The fourth-order valence-electron chi connectivity index (χ4n) is 3.84. The van der Waals surface area contributed by atoms with Crippen molar-refractivity contribution in [3.63, 3.8) is 0 Å². The van der Waals surface area contributed by atoms with Crippen LogP contribution in [-0.4, -0.2) is 28.7 Å². The molecule has 0 aliphatic heterocycles. The number of hydrazone groups is 1. The molecule has 0 spiro atoms. The highest BCUT2D eigenvalue weighted by Gasteiger charge is 2.14. The van der Waals surface area contributed by atoms with Gasteiger partial charge in [-0.15, -0.1) is 0 Å². The Kier molecular flexibility index (Phi) is 5.70. The van der Waals surface area contributed by atoms with Gasteiger partial charge >= 0.3 is 0 Å². The number of benzene rings is 3. The highest BCUT2D eigenvalue weighted by Crippen LogP contribution is 2.24. The average Bonchev–Trinajstić information content (AvgIpc) is 2.90. The van der Waals surface area contributed by atoms with Crippen molar-refractivity contribution in [2.45, 2.75) is 6.92 Å². The number of para-hydroxylation sites is 1. The van der Waals surface area contributed by atoms with Crippen LogP contribution in [0, 0.1) is 0 Å². The van der Waals surface area contributed by atoms with Gasteiger partial charge in [-0.25, -0.2) is 10.4 Å². The molecule has 5 rings (SSSR count). The van der Waals surface area contributed by atoms with Crippen LogP contribution >= 0.6 is 0 Å². The zero-order valence-corrected chi connectivity index (χ0v) is 18.8. The summed E-state index contributed by atoms with van der Waals surface area (Å²) in [5.74, 6) is 0.508. The third-order valence-electron chi connectivity index (χ3n) is 5.68. The van der Waals surface area contributed by atoms with Gasteiger partial charge in [0.1, 0.15) is 5.75 Å². The number of pyridine rings is 2. The first-order chi connectivity index (χ1) is 16.6. The molecular formula is C28H22N4O2. The number of amides is 1. The number of rotatable bonds is 5. The number of methoxy groups -OCH3 is 1. The van der Waals surface area contributed by atoms with Crippen LogP contribution in [0.25, 0.3) is 33.1 Å². The second-order valence-corrected chi connectivity index (χ2v) is 7.85. The molecule has 0 fully saturated rings. The predicted octanol–water partition coefficient (Wildman–Crippen LogP) is 5.61. The molecule has 2 aromatic heterocycles. The lowest BCUT2D eigenvalue weighted by Gasteiger charge is -2.09. The standard InChI is InChI=1S/C28H22N4O2/c1-18(19-10-11-21-16-22(34-2)13-12-20(21)15-19)31-32-28(33)24-17-27(26-9-5-6-14-29-26)30-25-8-4-3-7-23(24)25/h3-17H,1-2H3,(H,32,33)/b31-18+. The number of hydrogen-bond acceptors (Lipinski definition) is 5. The van der Waals surface area contributed by atoms with Crippen LogP contribution in [0.5, 0.6) is 5.75 Å². The van der Waals surface area contributed by atoms with Crippen LogP contribution in [0.3, 0.4) is 0 Å². The van der Waals surface area contributed by atoms with Gasteiger partial charge in [0.05, 0.1) is 35.3 Å². The molecule has 34 heavy (non-hydrogen) atoms. The molecule has 6 nitrogen and oxygen atoms in total. The number of carbonyl (C=O) groups is 1. The maximum Gasteiger partial charge on any atom is 0.272 e. The molecule has 0 unspecified atom stereocenters. The molecule has 0 atom stereocenters. The third-order valence-corrected chi connectivity index (χ3v) is 5.68. The molecule has 0 radical (unpaired) electrons. The zero-order chi connectivity index (χ0) is 23.5. The minimum Gasteiger partial charge on any atom is -0.497 e. The summed E-state index contributed by atoms with van der Waals surface area (Å²) in [7, 11) is 1.65. The van der Waals surface area contributed by atoms with E-state index in [-0.39, 0.29) is 5.91 Å². The topological polar surface area (TPSA) is 76.5 Å². The van der Waals surface area contributed by atoms with Crippen LogP contribution < -0.4 is 10.2 Å². The number of nitrogens with one attached hydrogen (secondary N) is 1. The van der Waals surface area contributed by atoms with E-state index in [1.54, 1.807) is 19.4 Å². The molecule has 3 aromatic carbocycles. The van der Waals surface area contributed by atoms with Crippen LogP contribution in [0.15, 0.2) is 96.2 Å². The van der Waals surface area contributed by atoms with E-state index in [9.17, 15) is 4.79 Å². The van der Waals surface area contributed by atoms with Gasteiger partial charge < -0.3 is 4.74 Å². The molecular weight excluding hydrogens is 424 g/mol. The number of carbonyl (C=O) groups excluding carboxylic acids is 1. The zero-order valence-electron chi connectivity index (χ0n) is 18.8. The van der Waals surface area contributed by atoms with Gasteiger partial charge in [0.25, 0.3) is 5.91 Å². The monoisotopic (exact) mass is 446 g/mol. The van der Waals surface area contributed by atoms with Crippen molar-refractivity contribution in [1.82, 2.24) is 15.4 Å². The first-order valence-corrected chi connectivity index (χ1v) is 10.9. The van der Waals surface area contributed by atoms with Gasteiger partial charge in [0, 0.05) is 11.6 Å². The van der Waals surface area contributed by atoms with Crippen molar-refractivity contribution in [2.24, 2.45) is 5.10 Å². The molecule has 0 bridgehead atoms. The van der Waals surface area contributed by atoms with Crippen molar-refractivity contribution in [2.75, 3.05) is 7.11 Å². The van der Waals surface area contributed by atoms with E-state index in [2.05, 4.69) is 20.5 Å². The summed E-state index contributed by atoms with van der Waals surface area (Å²) in [5, 5.41) is 7.28. The Morgan fingerprint density at radius 1 is 0.882 bits per heavy atom. The van der Waals surface area contributed by atoms with Gasteiger partial charge in [0.2, 0.25) is 0 Å². The lowest BCUT2D eigenvalue weighted by Crippen LogP contribution is -2.20. The van der Waals surface area contributed by atoms with Crippen molar-refractivity contribution in [1.29, 1.82) is 0 Å². The van der Waals surface area contributed by atoms with Crippen LogP contribution in [0.2, 0.25) is 0 Å². The van der Waals surface area contributed by atoms with E-state index in [4.69, 9.17) is 4.74 Å². The number of fused-ring (bicyclic) bond motifs is 2. The van der Waals surface area contributed by atoms with E-state index in [1.807, 2.05) is 85.8 Å². The molecule has 1 amide bonds. The summed E-state index contributed by atoms with van der Waals surface area (Å²) >= 11 is 0. The predicted molar refractivity (Wildman–Crippen MR) is 135 cm³/mol. The molecule has 0 aliphatic rings. The van der Waals surface area contributed by atoms with Crippen LogP contribution in [0.4, 0.5) is 0 Å². The fourth-order valence-corrected chi connectivity index (χ4v) is 3.84. The number of nitrogens with zero attached hydrogens (tertiary/aromatic N) is 3. The van der Waals surface area contributed by atoms with E-state index < -0.39 is 0 Å². The summed E-state index contributed by atoms with van der Waals surface area (Å²) < 4.78 is 5.29. The third kappa shape index (κ3) is 4.21. The average molecular weight is 447 g/mol. The van der Waals surface area contributed by atoms with Crippen molar-refractivity contribution < 1.29 is 9.53 Å². The normalized spacial score (nSPS) is 11.5. The Morgan fingerprint density at radius 2 is 1.68 bits per heavy atom. The van der Waals surface area contributed by atoms with E-state index in [0.29, 0.717) is 22.7 Å². The van der Waals surface area contributed by atoms with Crippen molar-refractivity contribution in [3.8, 4) is 17.1 Å². The number of aromatic nitrogens is 2. The maximum absolute atomic E-state index is 13.2. The summed E-state index contributed by atoms with van der Waals surface area (Å²) in [5.41, 5.74) is 6.90. The molecule has 6 heteroatoms. The summed E-state index contributed by atoms with van der Waals surface area (Å²) in [6, 6.07) is 26.9. The van der Waals surface area contributed by atoms with E-state index in [0.717, 1.165) is 33.0 Å². The Hall–Kier alpha value is -4.58. The van der Waals surface area contributed by atoms with Gasteiger partial charge in [-0.3, -0.25) is 9.78 Å². The minimum absolute atomic E-state index is 0.305. The summed E-state index contributed by atoms with van der Waals surface area (Å²) in [6.07, 6.45) is 1.71. The molecule has 0 aliphatic carbocycles. The Bertz CT molecular complexity index is 1550. The molecule has 2 heterocycles. The maximum atomic E-state index is 13.2. The molecule has 5 aromatic rings. The SMILES string of the molecule is COc1ccc2cc(/C(C)=N/NC(=O)c3cc(-c4ccccn4)nc4ccccc34)ccc2c1. The Morgan fingerprint density at radius 3 is 2.50 bits per heavy atom. The van der Waals surface area contributed by atoms with Gasteiger partial charge in [-0.05, 0) is 65.7 Å². The lowest BCUT2D eigenvalue weighted by atomic mass is 10.0. The largest absolute Gasteiger partial charge is 0.497 e. The molecule has 166 valence electrons. The van der Waals surface area contributed by atoms with Gasteiger partial charge in [-0.1, -0.05) is 42.5 Å². The Labute approximate surface area is 196 Å². The fraction of sp³-hybridized carbons (Fsp3) is 0.0714. The van der Waals surface area contributed by atoms with E-state index in [1.165, 1.54) is 0 Å².